The zero-order chi connectivity index (χ0) is 18.5. The molecule has 138 valence electrons. The zero-order valence-corrected chi connectivity index (χ0v) is 15.8. The fraction of sp³-hybridized carbons (Fsp3) is 0.421. The highest BCUT2D eigenvalue weighted by Crippen LogP contribution is 2.27. The van der Waals surface area contributed by atoms with Crippen molar-refractivity contribution in [1.82, 2.24) is 15.3 Å². The van der Waals surface area contributed by atoms with Crippen LogP contribution in [0.3, 0.4) is 0 Å². The quantitative estimate of drug-likeness (QED) is 0.841. The van der Waals surface area contributed by atoms with Crippen LogP contribution in [0.25, 0.3) is 0 Å². The molecule has 2 aromatic rings. The number of hydrogen-bond acceptors (Lipinski definition) is 5. The normalized spacial score (nSPS) is 15.3. The van der Waals surface area contributed by atoms with Crippen LogP contribution < -0.4 is 15.5 Å². The number of nitrogens with zero attached hydrogens (tertiary/aromatic N) is 3. The molecule has 0 unspecified atom stereocenters. The van der Waals surface area contributed by atoms with E-state index >= 15 is 0 Å². The van der Waals surface area contributed by atoms with Gasteiger partial charge in [-0.25, -0.2) is 9.97 Å². The average molecular weight is 374 g/mol. The number of piperidine rings is 1. The molecule has 6 nitrogen and oxygen atoms in total. The van der Waals surface area contributed by atoms with E-state index in [0.29, 0.717) is 28.5 Å². The fourth-order valence-electron chi connectivity index (χ4n) is 3.14. The van der Waals surface area contributed by atoms with E-state index in [9.17, 15) is 4.79 Å². The summed E-state index contributed by atoms with van der Waals surface area (Å²) in [6.45, 7) is 6.13. The Kier molecular flexibility index (Phi) is 6.06. The summed E-state index contributed by atoms with van der Waals surface area (Å²) in [6.07, 6.45) is 5.30. The molecule has 1 amide bonds. The van der Waals surface area contributed by atoms with Crippen molar-refractivity contribution in [2.75, 3.05) is 23.3 Å². The number of amides is 1. The minimum atomic E-state index is -0.274. The van der Waals surface area contributed by atoms with Gasteiger partial charge in [0.2, 0.25) is 0 Å². The molecule has 0 saturated carbocycles. The Hall–Kier alpha value is -2.18. The van der Waals surface area contributed by atoms with E-state index in [1.54, 1.807) is 30.6 Å². The highest BCUT2D eigenvalue weighted by molar-refractivity contribution is 6.33. The van der Waals surface area contributed by atoms with Crippen LogP contribution in [0.4, 0.5) is 11.6 Å². The van der Waals surface area contributed by atoms with Crippen LogP contribution in [0.15, 0.2) is 36.7 Å². The van der Waals surface area contributed by atoms with Crippen LogP contribution in [-0.2, 0) is 0 Å². The minimum absolute atomic E-state index is 0.274. The second kappa shape index (κ2) is 8.47. The van der Waals surface area contributed by atoms with Gasteiger partial charge in [-0.05, 0) is 31.0 Å². The number of nitrogens with one attached hydrogen (secondary N) is 2. The standard InChI is InChI=1S/C19H24ClN5O/c1-13(2)23-15-6-9-25(10-7-15)18-16(20)11-14(12-22-18)19(26)24-17-5-3-4-8-21-17/h3-5,8,11-13,15,23H,6-7,9-10H2,1-2H3,(H,21,24,26). The Morgan fingerprint density at radius 1 is 1.27 bits per heavy atom. The lowest BCUT2D eigenvalue weighted by Gasteiger charge is -2.34. The molecule has 1 aliphatic heterocycles. The molecule has 1 aliphatic rings. The SMILES string of the molecule is CC(C)NC1CCN(c2ncc(C(=O)Nc3ccccn3)cc2Cl)CC1. The highest BCUT2D eigenvalue weighted by Gasteiger charge is 2.22. The van der Waals surface area contributed by atoms with Gasteiger partial charge < -0.3 is 15.5 Å². The molecule has 0 bridgehead atoms. The number of halogens is 1. The van der Waals surface area contributed by atoms with Gasteiger partial charge in [-0.15, -0.1) is 0 Å². The second-order valence-corrected chi connectivity index (χ2v) is 7.19. The van der Waals surface area contributed by atoms with Gasteiger partial charge >= 0.3 is 0 Å². The van der Waals surface area contributed by atoms with Crippen molar-refractivity contribution in [1.29, 1.82) is 0 Å². The summed E-state index contributed by atoms with van der Waals surface area (Å²) >= 11 is 6.42. The molecule has 7 heteroatoms. The van der Waals surface area contributed by atoms with Gasteiger partial charge in [0.05, 0.1) is 10.6 Å². The van der Waals surface area contributed by atoms with Crippen molar-refractivity contribution in [3.8, 4) is 0 Å². The maximum absolute atomic E-state index is 12.3. The third-order valence-corrected chi connectivity index (χ3v) is 4.63. The van der Waals surface area contributed by atoms with Crippen LogP contribution in [0.1, 0.15) is 37.0 Å². The molecule has 0 aromatic carbocycles. The largest absolute Gasteiger partial charge is 0.355 e. The summed E-state index contributed by atoms with van der Waals surface area (Å²) in [4.78, 5) is 23.0. The van der Waals surface area contributed by atoms with Crippen LogP contribution >= 0.6 is 11.6 Å². The molecule has 26 heavy (non-hydrogen) atoms. The van der Waals surface area contributed by atoms with Crippen LogP contribution in [-0.4, -0.2) is 41.0 Å². The molecular formula is C19H24ClN5O. The number of pyridine rings is 2. The monoisotopic (exact) mass is 373 g/mol. The predicted molar refractivity (Wildman–Crippen MR) is 105 cm³/mol. The smallest absolute Gasteiger partial charge is 0.258 e. The van der Waals surface area contributed by atoms with Gasteiger partial charge in [-0.1, -0.05) is 31.5 Å². The van der Waals surface area contributed by atoms with Gasteiger partial charge in [-0.3, -0.25) is 4.79 Å². The minimum Gasteiger partial charge on any atom is -0.355 e. The van der Waals surface area contributed by atoms with Crippen molar-refractivity contribution < 1.29 is 4.79 Å². The molecule has 0 spiro atoms. The molecular weight excluding hydrogens is 350 g/mol. The van der Waals surface area contributed by atoms with E-state index in [0.717, 1.165) is 31.7 Å². The Morgan fingerprint density at radius 2 is 2.04 bits per heavy atom. The van der Waals surface area contributed by atoms with E-state index in [4.69, 9.17) is 11.6 Å². The maximum Gasteiger partial charge on any atom is 0.258 e. The van der Waals surface area contributed by atoms with Gasteiger partial charge in [0.15, 0.2) is 0 Å². The molecule has 2 aromatic heterocycles. The number of aromatic nitrogens is 2. The van der Waals surface area contributed by atoms with E-state index in [2.05, 4.69) is 39.3 Å². The Bertz CT molecular complexity index is 745. The molecule has 2 N–H and O–H groups in total. The molecule has 1 fully saturated rings. The number of carbonyl (C=O) groups excluding carboxylic acids is 1. The predicted octanol–water partition coefficient (Wildman–Crippen LogP) is 3.35. The Labute approximate surface area is 159 Å². The lowest BCUT2D eigenvalue weighted by molar-refractivity contribution is 0.102. The topological polar surface area (TPSA) is 70.2 Å². The third kappa shape index (κ3) is 4.71. The van der Waals surface area contributed by atoms with Crippen LogP contribution in [0, 0.1) is 0 Å². The van der Waals surface area contributed by atoms with Crippen LogP contribution in [0.2, 0.25) is 5.02 Å². The molecule has 0 aliphatic carbocycles. The van der Waals surface area contributed by atoms with E-state index in [1.807, 2.05) is 6.07 Å². The second-order valence-electron chi connectivity index (χ2n) is 6.78. The van der Waals surface area contributed by atoms with Gasteiger partial charge in [0, 0.05) is 37.6 Å². The molecule has 3 rings (SSSR count). The highest BCUT2D eigenvalue weighted by atomic mass is 35.5. The Morgan fingerprint density at radius 3 is 2.65 bits per heavy atom. The summed E-state index contributed by atoms with van der Waals surface area (Å²) in [5.74, 6) is 0.964. The molecule has 1 saturated heterocycles. The molecule has 3 heterocycles. The van der Waals surface area contributed by atoms with E-state index < -0.39 is 0 Å². The Balaban J connectivity index is 1.64. The first-order chi connectivity index (χ1) is 12.5. The third-order valence-electron chi connectivity index (χ3n) is 4.35. The van der Waals surface area contributed by atoms with E-state index in [1.165, 1.54) is 0 Å². The molecule has 0 atom stereocenters. The summed E-state index contributed by atoms with van der Waals surface area (Å²) in [7, 11) is 0. The number of carbonyl (C=O) groups is 1. The maximum atomic E-state index is 12.3. The first-order valence-corrected chi connectivity index (χ1v) is 9.29. The number of rotatable bonds is 5. The average Bonchev–Trinajstić information content (AvgIpc) is 2.63. The van der Waals surface area contributed by atoms with E-state index in [-0.39, 0.29) is 5.91 Å². The zero-order valence-electron chi connectivity index (χ0n) is 15.1. The fourth-order valence-corrected chi connectivity index (χ4v) is 3.43. The first kappa shape index (κ1) is 18.6. The summed E-state index contributed by atoms with van der Waals surface area (Å²) < 4.78 is 0. The lowest BCUT2D eigenvalue weighted by atomic mass is 10.0. The first-order valence-electron chi connectivity index (χ1n) is 8.92. The molecule has 0 radical (unpaired) electrons. The summed E-state index contributed by atoms with van der Waals surface area (Å²) in [5.41, 5.74) is 0.417. The van der Waals surface area contributed by atoms with Crippen LogP contribution in [0.5, 0.6) is 0 Å². The van der Waals surface area contributed by atoms with Crippen molar-refractivity contribution in [2.24, 2.45) is 0 Å². The summed E-state index contributed by atoms with van der Waals surface area (Å²) in [5, 5.41) is 6.81. The van der Waals surface area contributed by atoms with Crippen molar-refractivity contribution in [2.45, 2.75) is 38.8 Å². The number of anilines is 2. The van der Waals surface area contributed by atoms with Crippen molar-refractivity contribution >= 4 is 29.1 Å². The number of hydrogen-bond donors (Lipinski definition) is 2. The van der Waals surface area contributed by atoms with Crippen molar-refractivity contribution in [3.05, 3.63) is 47.2 Å². The van der Waals surface area contributed by atoms with Gasteiger partial charge in [0.25, 0.3) is 5.91 Å². The summed E-state index contributed by atoms with van der Waals surface area (Å²) in [6, 6.07) is 8.04. The lowest BCUT2D eigenvalue weighted by Crippen LogP contribution is -2.45. The van der Waals surface area contributed by atoms with Gasteiger partial charge in [-0.2, -0.15) is 0 Å². The van der Waals surface area contributed by atoms with Gasteiger partial charge in [0.1, 0.15) is 11.6 Å². The van der Waals surface area contributed by atoms with Crippen molar-refractivity contribution in [3.63, 3.8) is 0 Å².